The van der Waals surface area contributed by atoms with Crippen molar-refractivity contribution in [3.63, 3.8) is 0 Å². The Morgan fingerprint density at radius 2 is 1.91 bits per heavy atom. The van der Waals surface area contributed by atoms with Crippen molar-refractivity contribution in [2.24, 2.45) is 11.7 Å². The summed E-state index contributed by atoms with van der Waals surface area (Å²) in [5, 5.41) is 2.89. The van der Waals surface area contributed by atoms with Gasteiger partial charge in [0.25, 0.3) is 5.91 Å². The molecule has 122 valence electrons. The van der Waals surface area contributed by atoms with E-state index >= 15 is 0 Å². The van der Waals surface area contributed by atoms with Crippen molar-refractivity contribution in [1.82, 2.24) is 4.90 Å². The van der Waals surface area contributed by atoms with Gasteiger partial charge in [0, 0.05) is 26.1 Å². The summed E-state index contributed by atoms with van der Waals surface area (Å²) in [4.78, 5) is 26.0. The normalized spacial score (nSPS) is 20.7. The molecule has 1 aliphatic carbocycles. The van der Waals surface area contributed by atoms with Gasteiger partial charge in [-0.2, -0.15) is 0 Å². The topological polar surface area (TPSA) is 75.4 Å². The number of hydrogen-bond donors (Lipinski definition) is 2. The average molecular weight is 326 g/mol. The third-order valence-electron chi connectivity index (χ3n) is 3.91. The number of nitrogens with one attached hydrogen (secondary N) is 1. The highest BCUT2D eigenvalue weighted by molar-refractivity contribution is 6.04. The van der Waals surface area contributed by atoms with E-state index in [1.54, 1.807) is 32.3 Å². The molecule has 0 aliphatic heterocycles. The number of benzene rings is 1. The van der Waals surface area contributed by atoms with Crippen LogP contribution in [0.2, 0.25) is 0 Å². The second-order valence-corrected chi connectivity index (χ2v) is 5.86. The van der Waals surface area contributed by atoms with Crippen molar-refractivity contribution in [3.05, 3.63) is 29.8 Å². The molecule has 5 nitrogen and oxygen atoms in total. The zero-order valence-electron chi connectivity index (χ0n) is 13.0. The van der Waals surface area contributed by atoms with E-state index in [9.17, 15) is 9.59 Å². The first-order valence-corrected chi connectivity index (χ1v) is 7.36. The molecule has 2 rings (SSSR count). The number of nitrogens with zero attached hydrogens (tertiary/aromatic N) is 1. The molecule has 0 radical (unpaired) electrons. The fourth-order valence-corrected chi connectivity index (χ4v) is 2.72. The number of carbonyl (C=O) groups is 2. The van der Waals surface area contributed by atoms with Gasteiger partial charge in [0.2, 0.25) is 5.91 Å². The van der Waals surface area contributed by atoms with E-state index in [1.165, 1.54) is 4.90 Å². The fraction of sp³-hybridized carbons (Fsp3) is 0.500. The second kappa shape index (κ2) is 8.15. The molecule has 0 aromatic heterocycles. The van der Waals surface area contributed by atoms with E-state index in [4.69, 9.17) is 5.73 Å². The fourth-order valence-electron chi connectivity index (χ4n) is 2.72. The van der Waals surface area contributed by atoms with E-state index in [1.807, 2.05) is 6.07 Å². The lowest BCUT2D eigenvalue weighted by molar-refractivity contribution is -0.120. The third kappa shape index (κ3) is 4.45. The summed E-state index contributed by atoms with van der Waals surface area (Å²) in [6.45, 7) is 0. The van der Waals surface area contributed by atoms with Crippen molar-refractivity contribution in [1.29, 1.82) is 0 Å². The Kier molecular flexibility index (Phi) is 6.84. The minimum absolute atomic E-state index is 0. The summed E-state index contributed by atoms with van der Waals surface area (Å²) in [6.07, 6.45) is 3.55. The van der Waals surface area contributed by atoms with E-state index < -0.39 is 0 Å². The summed E-state index contributed by atoms with van der Waals surface area (Å²) in [6, 6.07) is 7.20. The van der Waals surface area contributed by atoms with Crippen molar-refractivity contribution < 1.29 is 9.59 Å². The number of para-hydroxylation sites is 1. The Morgan fingerprint density at radius 3 is 2.55 bits per heavy atom. The van der Waals surface area contributed by atoms with Gasteiger partial charge >= 0.3 is 0 Å². The Bertz CT molecular complexity index is 534. The van der Waals surface area contributed by atoms with Crippen LogP contribution in [0.5, 0.6) is 0 Å². The van der Waals surface area contributed by atoms with Crippen LogP contribution in [0.4, 0.5) is 5.69 Å². The monoisotopic (exact) mass is 325 g/mol. The van der Waals surface area contributed by atoms with Crippen LogP contribution >= 0.6 is 12.4 Å². The third-order valence-corrected chi connectivity index (χ3v) is 3.91. The zero-order valence-corrected chi connectivity index (χ0v) is 13.9. The maximum atomic E-state index is 12.4. The van der Waals surface area contributed by atoms with Gasteiger partial charge < -0.3 is 16.0 Å². The van der Waals surface area contributed by atoms with E-state index in [0.29, 0.717) is 11.3 Å². The minimum atomic E-state index is -0.119. The van der Waals surface area contributed by atoms with Crippen LogP contribution in [0.3, 0.4) is 0 Å². The average Bonchev–Trinajstić information content (AvgIpc) is 2.47. The second-order valence-electron chi connectivity index (χ2n) is 5.86. The van der Waals surface area contributed by atoms with Crippen molar-refractivity contribution in [3.8, 4) is 0 Å². The highest BCUT2D eigenvalue weighted by atomic mass is 35.5. The van der Waals surface area contributed by atoms with Gasteiger partial charge in [-0.05, 0) is 31.4 Å². The van der Waals surface area contributed by atoms with Crippen LogP contribution in [0, 0.1) is 5.92 Å². The standard InChI is InChI=1S/C16H23N3O2.ClH/c1-19(2)16(21)13-8-3-4-9-14(13)18-15(20)11-6-5-7-12(17)10-11;/h3-4,8-9,11-12H,5-7,10,17H2,1-2H3,(H,18,20);1H. The lowest BCUT2D eigenvalue weighted by Crippen LogP contribution is -2.34. The quantitative estimate of drug-likeness (QED) is 0.895. The van der Waals surface area contributed by atoms with Gasteiger partial charge in [-0.15, -0.1) is 12.4 Å². The molecule has 1 aliphatic rings. The molecular formula is C16H24ClN3O2. The Morgan fingerprint density at radius 1 is 1.23 bits per heavy atom. The summed E-state index contributed by atoms with van der Waals surface area (Å²) >= 11 is 0. The predicted octanol–water partition coefficient (Wildman–Crippen LogP) is 2.27. The van der Waals surface area contributed by atoms with Crippen molar-refractivity contribution in [2.75, 3.05) is 19.4 Å². The molecule has 1 saturated carbocycles. The number of anilines is 1. The minimum Gasteiger partial charge on any atom is -0.345 e. The van der Waals surface area contributed by atoms with Crippen LogP contribution in [0.1, 0.15) is 36.0 Å². The van der Waals surface area contributed by atoms with E-state index in [2.05, 4.69) is 5.32 Å². The van der Waals surface area contributed by atoms with Crippen molar-refractivity contribution >= 4 is 29.9 Å². The highest BCUT2D eigenvalue weighted by Crippen LogP contribution is 2.25. The molecule has 2 amide bonds. The summed E-state index contributed by atoms with van der Waals surface area (Å²) < 4.78 is 0. The summed E-state index contributed by atoms with van der Waals surface area (Å²) in [5.74, 6) is -0.216. The Labute approximate surface area is 137 Å². The first kappa shape index (κ1) is 18.5. The van der Waals surface area contributed by atoms with Crippen LogP contribution in [0.25, 0.3) is 0 Å². The summed E-state index contributed by atoms with van der Waals surface area (Å²) in [7, 11) is 3.39. The number of halogens is 1. The molecule has 0 saturated heterocycles. The zero-order chi connectivity index (χ0) is 15.4. The summed E-state index contributed by atoms with van der Waals surface area (Å²) in [5.41, 5.74) is 7.01. The molecule has 2 unspecified atom stereocenters. The number of amides is 2. The molecule has 1 fully saturated rings. The van der Waals surface area contributed by atoms with E-state index in [-0.39, 0.29) is 36.2 Å². The van der Waals surface area contributed by atoms with Gasteiger partial charge in [-0.3, -0.25) is 9.59 Å². The molecule has 1 aromatic carbocycles. The maximum Gasteiger partial charge on any atom is 0.255 e. The first-order chi connectivity index (χ1) is 9.99. The van der Waals surface area contributed by atoms with Crippen LogP contribution in [-0.4, -0.2) is 36.9 Å². The Hall–Kier alpha value is -1.59. The molecule has 6 heteroatoms. The van der Waals surface area contributed by atoms with Crippen molar-refractivity contribution in [2.45, 2.75) is 31.7 Å². The number of rotatable bonds is 3. The molecule has 0 bridgehead atoms. The molecule has 3 N–H and O–H groups in total. The molecule has 0 spiro atoms. The van der Waals surface area contributed by atoms with Gasteiger partial charge in [0.05, 0.1) is 11.3 Å². The van der Waals surface area contributed by atoms with Gasteiger partial charge in [-0.1, -0.05) is 18.6 Å². The van der Waals surface area contributed by atoms with Gasteiger partial charge in [0.1, 0.15) is 0 Å². The SMILES string of the molecule is CN(C)C(=O)c1ccccc1NC(=O)C1CCCC(N)C1.Cl. The largest absolute Gasteiger partial charge is 0.345 e. The van der Waals surface area contributed by atoms with Crippen LogP contribution in [0.15, 0.2) is 24.3 Å². The lowest BCUT2D eigenvalue weighted by Gasteiger charge is -2.26. The van der Waals surface area contributed by atoms with E-state index in [0.717, 1.165) is 25.7 Å². The van der Waals surface area contributed by atoms with Gasteiger partial charge in [0.15, 0.2) is 0 Å². The predicted molar refractivity (Wildman–Crippen MR) is 90.3 cm³/mol. The lowest BCUT2D eigenvalue weighted by atomic mass is 9.85. The highest BCUT2D eigenvalue weighted by Gasteiger charge is 2.26. The molecule has 0 heterocycles. The Balaban J connectivity index is 0.00000242. The van der Waals surface area contributed by atoms with Gasteiger partial charge in [-0.25, -0.2) is 0 Å². The molecule has 22 heavy (non-hydrogen) atoms. The first-order valence-electron chi connectivity index (χ1n) is 7.36. The maximum absolute atomic E-state index is 12.4. The smallest absolute Gasteiger partial charge is 0.255 e. The molecular weight excluding hydrogens is 302 g/mol. The molecule has 2 atom stereocenters. The van der Waals surface area contributed by atoms with Crippen LogP contribution < -0.4 is 11.1 Å². The molecule has 1 aromatic rings. The van der Waals surface area contributed by atoms with Crippen LogP contribution in [-0.2, 0) is 4.79 Å². The number of nitrogens with two attached hydrogens (primary N) is 1. The number of carbonyl (C=O) groups excluding carboxylic acids is 2. The number of hydrogen-bond acceptors (Lipinski definition) is 3.